The van der Waals surface area contributed by atoms with E-state index >= 15 is 0 Å². The van der Waals surface area contributed by atoms with Crippen molar-refractivity contribution in [1.29, 1.82) is 0 Å². The second kappa shape index (κ2) is 7.30. The number of methoxy groups -OCH3 is 1. The highest BCUT2D eigenvalue weighted by atomic mass is 16.5. The van der Waals surface area contributed by atoms with E-state index in [9.17, 15) is 9.59 Å². The monoisotopic (exact) mass is 267 g/mol. The van der Waals surface area contributed by atoms with E-state index in [-0.39, 0.29) is 18.1 Å². The maximum Gasteiger partial charge on any atom is 0.358 e. The van der Waals surface area contributed by atoms with Gasteiger partial charge in [0.15, 0.2) is 11.5 Å². The molecule has 104 valence electrons. The van der Waals surface area contributed by atoms with Crippen molar-refractivity contribution in [3.05, 3.63) is 17.8 Å². The third-order valence-electron chi connectivity index (χ3n) is 2.39. The summed E-state index contributed by atoms with van der Waals surface area (Å²) in [6.45, 7) is 2.60. The third-order valence-corrected chi connectivity index (χ3v) is 2.39. The molecule has 0 spiro atoms. The van der Waals surface area contributed by atoms with Crippen LogP contribution in [0.3, 0.4) is 0 Å². The number of nitrogens with zero attached hydrogens (tertiary/aromatic N) is 3. The molecule has 0 aromatic carbocycles. The first-order valence-corrected chi connectivity index (χ1v) is 5.87. The number of aromatic nitrogens is 2. The second-order valence-electron chi connectivity index (χ2n) is 3.74. The Morgan fingerprint density at radius 1 is 1.32 bits per heavy atom. The maximum absolute atomic E-state index is 11.2. The van der Waals surface area contributed by atoms with Crippen LogP contribution in [0.1, 0.15) is 23.8 Å². The fraction of sp³-hybridized carbons (Fsp3) is 0.500. The quantitative estimate of drug-likeness (QED) is 0.700. The Bertz CT molecular complexity index is 433. The van der Waals surface area contributed by atoms with Crippen LogP contribution in [0.15, 0.2) is 12.1 Å². The van der Waals surface area contributed by atoms with Gasteiger partial charge in [-0.25, -0.2) is 4.79 Å². The van der Waals surface area contributed by atoms with Crippen molar-refractivity contribution < 1.29 is 19.1 Å². The molecule has 0 unspecified atom stereocenters. The minimum atomic E-state index is -0.534. The normalized spacial score (nSPS) is 9.84. The molecule has 7 nitrogen and oxygen atoms in total. The molecule has 0 radical (unpaired) electrons. The van der Waals surface area contributed by atoms with Crippen LogP contribution < -0.4 is 4.90 Å². The van der Waals surface area contributed by atoms with Gasteiger partial charge in [0.25, 0.3) is 0 Å². The van der Waals surface area contributed by atoms with Crippen LogP contribution >= 0.6 is 0 Å². The van der Waals surface area contributed by atoms with Crippen LogP contribution in [-0.2, 0) is 14.3 Å². The van der Waals surface area contributed by atoms with Crippen LogP contribution in [0.25, 0.3) is 0 Å². The molecule has 0 fully saturated rings. The van der Waals surface area contributed by atoms with E-state index in [1.165, 1.54) is 13.2 Å². The summed E-state index contributed by atoms with van der Waals surface area (Å²) in [6.07, 6.45) is 0.269. The summed E-state index contributed by atoms with van der Waals surface area (Å²) >= 11 is 0. The summed E-state index contributed by atoms with van der Waals surface area (Å²) in [5.41, 5.74) is 0.144. The molecule has 0 saturated carbocycles. The molecule has 1 aromatic rings. The molecule has 0 bridgehead atoms. The van der Waals surface area contributed by atoms with Crippen molar-refractivity contribution in [3.63, 3.8) is 0 Å². The molecule has 1 aromatic heterocycles. The van der Waals surface area contributed by atoms with Crippen molar-refractivity contribution >= 4 is 17.8 Å². The zero-order valence-corrected chi connectivity index (χ0v) is 11.3. The van der Waals surface area contributed by atoms with Crippen LogP contribution in [0, 0.1) is 0 Å². The summed E-state index contributed by atoms with van der Waals surface area (Å²) < 4.78 is 9.36. The molecule has 0 aliphatic rings. The molecular weight excluding hydrogens is 250 g/mol. The van der Waals surface area contributed by atoms with Crippen molar-refractivity contribution in [3.8, 4) is 0 Å². The largest absolute Gasteiger partial charge is 0.466 e. The zero-order chi connectivity index (χ0) is 14.3. The Kier molecular flexibility index (Phi) is 5.72. The predicted molar refractivity (Wildman–Crippen MR) is 67.9 cm³/mol. The molecule has 19 heavy (non-hydrogen) atoms. The number of hydrogen-bond acceptors (Lipinski definition) is 7. The van der Waals surface area contributed by atoms with Crippen LogP contribution in [-0.4, -0.2) is 49.4 Å². The van der Waals surface area contributed by atoms with E-state index in [0.717, 1.165) is 0 Å². The highest BCUT2D eigenvalue weighted by Crippen LogP contribution is 2.08. The van der Waals surface area contributed by atoms with E-state index in [4.69, 9.17) is 4.74 Å². The third kappa shape index (κ3) is 4.53. The zero-order valence-electron chi connectivity index (χ0n) is 11.3. The van der Waals surface area contributed by atoms with Gasteiger partial charge in [0.1, 0.15) is 0 Å². The van der Waals surface area contributed by atoms with Crippen LogP contribution in [0.4, 0.5) is 5.82 Å². The van der Waals surface area contributed by atoms with Crippen molar-refractivity contribution in [2.75, 3.05) is 32.2 Å². The molecule has 1 rings (SSSR count). The standard InChI is InChI=1S/C12H17N3O4/c1-4-19-11(16)7-8-15(2)10-6-5-9(13-14-10)12(17)18-3/h5-6H,4,7-8H2,1-3H3. The second-order valence-corrected chi connectivity index (χ2v) is 3.74. The Labute approximate surface area is 111 Å². The lowest BCUT2D eigenvalue weighted by Crippen LogP contribution is -2.23. The lowest BCUT2D eigenvalue weighted by molar-refractivity contribution is -0.142. The fourth-order valence-electron chi connectivity index (χ4n) is 1.35. The number of carbonyl (C=O) groups is 2. The first-order valence-electron chi connectivity index (χ1n) is 5.87. The smallest absolute Gasteiger partial charge is 0.358 e. The molecular formula is C12H17N3O4. The van der Waals surface area contributed by atoms with Crippen LogP contribution in [0.2, 0.25) is 0 Å². The molecule has 0 aliphatic carbocycles. The Morgan fingerprint density at radius 2 is 2.05 bits per heavy atom. The first-order chi connectivity index (χ1) is 9.08. The van der Waals surface area contributed by atoms with Gasteiger partial charge in [-0.3, -0.25) is 4.79 Å². The summed E-state index contributed by atoms with van der Waals surface area (Å²) in [5.74, 6) is -0.223. The summed E-state index contributed by atoms with van der Waals surface area (Å²) in [6, 6.07) is 3.17. The minimum absolute atomic E-state index is 0.144. The highest BCUT2D eigenvalue weighted by Gasteiger charge is 2.10. The molecule has 0 N–H and O–H groups in total. The Morgan fingerprint density at radius 3 is 2.58 bits per heavy atom. The molecule has 0 amide bonds. The Hall–Kier alpha value is -2.18. The average Bonchev–Trinajstić information content (AvgIpc) is 2.44. The van der Waals surface area contributed by atoms with Gasteiger partial charge in [-0.15, -0.1) is 10.2 Å². The van der Waals surface area contributed by atoms with Crippen molar-refractivity contribution in [2.24, 2.45) is 0 Å². The molecule has 0 atom stereocenters. The Balaban J connectivity index is 2.55. The summed E-state index contributed by atoms with van der Waals surface area (Å²) in [7, 11) is 3.06. The van der Waals surface area contributed by atoms with Gasteiger partial charge in [0.2, 0.25) is 0 Å². The highest BCUT2D eigenvalue weighted by molar-refractivity contribution is 5.86. The molecule has 0 aliphatic heterocycles. The summed E-state index contributed by atoms with van der Waals surface area (Å²) in [5, 5.41) is 7.65. The van der Waals surface area contributed by atoms with E-state index < -0.39 is 5.97 Å². The van der Waals surface area contributed by atoms with Gasteiger partial charge in [0, 0.05) is 13.6 Å². The number of hydrogen-bond donors (Lipinski definition) is 0. The first kappa shape index (κ1) is 14.9. The molecule has 7 heteroatoms. The number of anilines is 1. The van der Waals surface area contributed by atoms with E-state index in [1.54, 1.807) is 24.9 Å². The SMILES string of the molecule is CCOC(=O)CCN(C)c1ccc(C(=O)OC)nn1. The lowest BCUT2D eigenvalue weighted by Gasteiger charge is -2.16. The lowest BCUT2D eigenvalue weighted by atomic mass is 10.3. The molecule has 0 saturated heterocycles. The van der Waals surface area contributed by atoms with Gasteiger partial charge >= 0.3 is 11.9 Å². The van der Waals surface area contributed by atoms with Gasteiger partial charge < -0.3 is 14.4 Å². The van der Waals surface area contributed by atoms with Gasteiger partial charge in [-0.1, -0.05) is 0 Å². The average molecular weight is 267 g/mol. The van der Waals surface area contributed by atoms with E-state index in [1.807, 2.05) is 0 Å². The van der Waals surface area contributed by atoms with Gasteiger partial charge in [-0.05, 0) is 19.1 Å². The van der Waals surface area contributed by atoms with E-state index in [2.05, 4.69) is 14.9 Å². The summed E-state index contributed by atoms with van der Waals surface area (Å²) in [4.78, 5) is 24.2. The minimum Gasteiger partial charge on any atom is -0.466 e. The van der Waals surface area contributed by atoms with E-state index in [0.29, 0.717) is 19.0 Å². The van der Waals surface area contributed by atoms with Gasteiger partial charge in [0.05, 0.1) is 20.1 Å². The van der Waals surface area contributed by atoms with Crippen molar-refractivity contribution in [1.82, 2.24) is 10.2 Å². The van der Waals surface area contributed by atoms with Crippen molar-refractivity contribution in [2.45, 2.75) is 13.3 Å². The molecule has 1 heterocycles. The van der Waals surface area contributed by atoms with Crippen LogP contribution in [0.5, 0.6) is 0 Å². The number of ether oxygens (including phenoxy) is 2. The number of esters is 2. The maximum atomic E-state index is 11.2. The number of rotatable bonds is 6. The van der Waals surface area contributed by atoms with Gasteiger partial charge in [-0.2, -0.15) is 0 Å². The predicted octanol–water partition coefficient (Wildman–Crippen LogP) is 0.653. The fourth-order valence-corrected chi connectivity index (χ4v) is 1.35. The number of carbonyl (C=O) groups excluding carboxylic acids is 2. The topological polar surface area (TPSA) is 81.6 Å².